The molecule has 116 valence electrons. The van der Waals surface area contributed by atoms with Gasteiger partial charge >= 0.3 is 0 Å². The number of thiophene rings is 1. The number of nitrogens with zero attached hydrogens (tertiary/aromatic N) is 1. The zero-order valence-corrected chi connectivity index (χ0v) is 13.6. The first-order valence-corrected chi connectivity index (χ1v) is 9.03. The topological polar surface area (TPSA) is 29.5 Å². The first kappa shape index (κ1) is 15.0. The highest BCUT2D eigenvalue weighted by atomic mass is 32.1. The molecule has 3 rings (SSSR count). The second-order valence-electron chi connectivity index (χ2n) is 6.33. The van der Waals surface area contributed by atoms with Gasteiger partial charge < -0.3 is 9.64 Å². The predicted molar refractivity (Wildman–Crippen MR) is 85.7 cm³/mol. The summed E-state index contributed by atoms with van der Waals surface area (Å²) >= 11 is 1.55. The van der Waals surface area contributed by atoms with Crippen molar-refractivity contribution in [3.63, 3.8) is 0 Å². The van der Waals surface area contributed by atoms with Crippen LogP contribution in [-0.4, -0.2) is 37.1 Å². The molecular formula is C17H25NO2S. The molecule has 0 spiro atoms. The minimum absolute atomic E-state index is 0.218. The van der Waals surface area contributed by atoms with E-state index in [0.29, 0.717) is 12.0 Å². The summed E-state index contributed by atoms with van der Waals surface area (Å²) in [5.74, 6) is 1.67. The molecule has 3 nitrogen and oxygen atoms in total. The van der Waals surface area contributed by atoms with Crippen LogP contribution in [0.5, 0.6) is 0 Å². The van der Waals surface area contributed by atoms with E-state index in [2.05, 4.69) is 0 Å². The van der Waals surface area contributed by atoms with Gasteiger partial charge in [0.15, 0.2) is 0 Å². The molecule has 21 heavy (non-hydrogen) atoms. The Bertz CT molecular complexity index is 451. The van der Waals surface area contributed by atoms with Gasteiger partial charge in [0, 0.05) is 20.2 Å². The summed E-state index contributed by atoms with van der Waals surface area (Å²) in [5.41, 5.74) is 0. The zero-order chi connectivity index (χ0) is 14.7. The van der Waals surface area contributed by atoms with Gasteiger partial charge in [0.05, 0.1) is 11.0 Å². The van der Waals surface area contributed by atoms with E-state index in [4.69, 9.17) is 4.74 Å². The number of amides is 1. The number of hydrogen-bond donors (Lipinski definition) is 0. The van der Waals surface area contributed by atoms with E-state index in [9.17, 15) is 4.79 Å². The fourth-order valence-corrected chi connectivity index (χ4v) is 4.74. The maximum absolute atomic E-state index is 12.4. The standard InChI is InChI=1S/C17H25NO2S/c1-20-15-6-3-2-5-14(15)13-8-10-18(11-9-13)17(19)16-7-4-12-21-16/h4,7,12-15H,2-3,5-6,8-11H2,1H3. The third-order valence-electron chi connectivity index (χ3n) is 5.22. The molecule has 2 heterocycles. The molecule has 4 heteroatoms. The van der Waals surface area contributed by atoms with Crippen LogP contribution in [0, 0.1) is 11.8 Å². The quantitative estimate of drug-likeness (QED) is 0.850. The molecule has 2 atom stereocenters. The maximum Gasteiger partial charge on any atom is 0.263 e. The van der Waals surface area contributed by atoms with Crippen molar-refractivity contribution in [3.05, 3.63) is 22.4 Å². The van der Waals surface area contributed by atoms with Gasteiger partial charge in [0.2, 0.25) is 0 Å². The lowest BCUT2D eigenvalue weighted by atomic mass is 9.74. The smallest absolute Gasteiger partial charge is 0.263 e. The Balaban J connectivity index is 1.56. The average Bonchev–Trinajstić information content (AvgIpc) is 3.09. The first-order valence-electron chi connectivity index (χ1n) is 8.15. The zero-order valence-electron chi connectivity index (χ0n) is 12.8. The fourth-order valence-electron chi connectivity index (χ4n) is 4.04. The third kappa shape index (κ3) is 3.32. The molecule has 1 aromatic heterocycles. The van der Waals surface area contributed by atoms with Crippen molar-refractivity contribution in [2.24, 2.45) is 11.8 Å². The Morgan fingerprint density at radius 2 is 2.00 bits per heavy atom. The van der Waals surface area contributed by atoms with Crippen LogP contribution < -0.4 is 0 Å². The number of hydrogen-bond acceptors (Lipinski definition) is 3. The van der Waals surface area contributed by atoms with Crippen molar-refractivity contribution < 1.29 is 9.53 Å². The van der Waals surface area contributed by atoms with Crippen molar-refractivity contribution in [3.8, 4) is 0 Å². The SMILES string of the molecule is COC1CCCCC1C1CCN(C(=O)c2cccs2)CC1. The molecule has 1 saturated carbocycles. The van der Waals surface area contributed by atoms with Crippen molar-refractivity contribution in [2.45, 2.75) is 44.6 Å². The molecule has 0 radical (unpaired) electrons. The second-order valence-corrected chi connectivity index (χ2v) is 7.28. The van der Waals surface area contributed by atoms with E-state index < -0.39 is 0 Å². The van der Waals surface area contributed by atoms with Gasteiger partial charge in [0.1, 0.15) is 0 Å². The third-order valence-corrected chi connectivity index (χ3v) is 6.08. The number of carbonyl (C=O) groups excluding carboxylic acids is 1. The van der Waals surface area contributed by atoms with Crippen LogP contribution in [0.15, 0.2) is 17.5 Å². The molecule has 2 fully saturated rings. The van der Waals surface area contributed by atoms with E-state index in [0.717, 1.165) is 36.7 Å². The highest BCUT2D eigenvalue weighted by Gasteiger charge is 2.34. The fraction of sp³-hybridized carbons (Fsp3) is 0.706. The largest absolute Gasteiger partial charge is 0.381 e. The number of ether oxygens (including phenoxy) is 1. The lowest BCUT2D eigenvalue weighted by molar-refractivity contribution is -0.0144. The molecule has 2 aliphatic rings. The van der Waals surface area contributed by atoms with Gasteiger partial charge in [-0.1, -0.05) is 18.9 Å². The number of carbonyl (C=O) groups is 1. The predicted octanol–water partition coefficient (Wildman–Crippen LogP) is 3.81. The molecule has 0 aromatic carbocycles. The Morgan fingerprint density at radius 1 is 1.24 bits per heavy atom. The lowest BCUT2D eigenvalue weighted by Gasteiger charge is -2.40. The molecule has 1 aliphatic heterocycles. The minimum Gasteiger partial charge on any atom is -0.381 e. The average molecular weight is 307 g/mol. The molecule has 1 saturated heterocycles. The minimum atomic E-state index is 0.218. The summed E-state index contributed by atoms with van der Waals surface area (Å²) in [4.78, 5) is 15.3. The maximum atomic E-state index is 12.4. The Hall–Kier alpha value is -0.870. The van der Waals surface area contributed by atoms with Crippen LogP contribution in [0.1, 0.15) is 48.2 Å². The normalized spacial score (nSPS) is 27.8. The summed E-state index contributed by atoms with van der Waals surface area (Å²) in [7, 11) is 1.86. The molecule has 0 bridgehead atoms. The highest BCUT2D eigenvalue weighted by Crippen LogP contribution is 2.37. The van der Waals surface area contributed by atoms with Crippen LogP contribution >= 0.6 is 11.3 Å². The highest BCUT2D eigenvalue weighted by molar-refractivity contribution is 7.12. The van der Waals surface area contributed by atoms with Gasteiger partial charge in [-0.15, -0.1) is 11.3 Å². The van der Waals surface area contributed by atoms with Crippen LogP contribution in [0.4, 0.5) is 0 Å². The van der Waals surface area contributed by atoms with Crippen molar-refractivity contribution >= 4 is 17.2 Å². The van der Waals surface area contributed by atoms with Crippen molar-refractivity contribution in [1.29, 1.82) is 0 Å². The van der Waals surface area contributed by atoms with E-state index >= 15 is 0 Å². The van der Waals surface area contributed by atoms with Gasteiger partial charge in [-0.2, -0.15) is 0 Å². The van der Waals surface area contributed by atoms with Gasteiger partial charge in [-0.3, -0.25) is 4.79 Å². The summed E-state index contributed by atoms with van der Waals surface area (Å²) in [5, 5.41) is 1.98. The second kappa shape index (κ2) is 6.93. The Labute approximate surface area is 131 Å². The van der Waals surface area contributed by atoms with E-state index in [1.165, 1.54) is 25.7 Å². The van der Waals surface area contributed by atoms with Crippen LogP contribution in [0.25, 0.3) is 0 Å². The van der Waals surface area contributed by atoms with E-state index in [1.54, 1.807) is 11.3 Å². The monoisotopic (exact) mass is 307 g/mol. The van der Waals surface area contributed by atoms with Crippen molar-refractivity contribution in [2.75, 3.05) is 20.2 Å². The van der Waals surface area contributed by atoms with E-state index in [1.807, 2.05) is 29.5 Å². The molecule has 0 N–H and O–H groups in total. The number of likely N-dealkylation sites (tertiary alicyclic amines) is 1. The van der Waals surface area contributed by atoms with Gasteiger partial charge in [0.25, 0.3) is 5.91 Å². The summed E-state index contributed by atoms with van der Waals surface area (Å²) in [6.07, 6.45) is 7.91. The Morgan fingerprint density at radius 3 is 2.67 bits per heavy atom. The number of piperidine rings is 1. The summed E-state index contributed by atoms with van der Waals surface area (Å²) in [6.45, 7) is 1.82. The molecule has 1 aromatic rings. The van der Waals surface area contributed by atoms with E-state index in [-0.39, 0.29) is 5.91 Å². The van der Waals surface area contributed by atoms with Crippen molar-refractivity contribution in [1.82, 2.24) is 4.90 Å². The summed E-state index contributed by atoms with van der Waals surface area (Å²) < 4.78 is 5.71. The van der Waals surface area contributed by atoms with Crippen LogP contribution in [0.2, 0.25) is 0 Å². The summed E-state index contributed by atoms with van der Waals surface area (Å²) in [6, 6.07) is 3.89. The molecule has 1 aliphatic carbocycles. The molecular weight excluding hydrogens is 282 g/mol. The Kier molecular flexibility index (Phi) is 4.96. The molecule has 2 unspecified atom stereocenters. The van der Waals surface area contributed by atoms with Gasteiger partial charge in [-0.25, -0.2) is 0 Å². The number of rotatable bonds is 3. The molecule has 1 amide bonds. The van der Waals surface area contributed by atoms with Crippen LogP contribution in [0.3, 0.4) is 0 Å². The first-order chi connectivity index (χ1) is 10.3. The lowest BCUT2D eigenvalue weighted by Crippen LogP contribution is -2.42. The number of methoxy groups -OCH3 is 1. The van der Waals surface area contributed by atoms with Crippen LogP contribution in [-0.2, 0) is 4.74 Å². The van der Waals surface area contributed by atoms with Gasteiger partial charge in [-0.05, 0) is 49.0 Å².